The van der Waals surface area contributed by atoms with Crippen molar-refractivity contribution in [2.45, 2.75) is 31.5 Å². The van der Waals surface area contributed by atoms with E-state index in [0.29, 0.717) is 24.6 Å². The number of nitrogens with zero attached hydrogens (tertiary/aromatic N) is 2. The molecule has 1 N–H and O–H groups in total. The zero-order valence-corrected chi connectivity index (χ0v) is 19.1. The number of carbonyl (C=O) groups is 2. The maximum absolute atomic E-state index is 13.1. The van der Waals surface area contributed by atoms with E-state index in [1.807, 2.05) is 24.3 Å². The van der Waals surface area contributed by atoms with Crippen molar-refractivity contribution in [3.63, 3.8) is 0 Å². The number of ether oxygens (including phenoxy) is 1. The summed E-state index contributed by atoms with van der Waals surface area (Å²) in [7, 11) is 1.55. The molecule has 0 bridgehead atoms. The van der Waals surface area contributed by atoms with Crippen LogP contribution in [-0.4, -0.2) is 60.0 Å². The van der Waals surface area contributed by atoms with E-state index in [1.54, 1.807) is 7.05 Å². The second-order valence-corrected chi connectivity index (χ2v) is 9.23. The van der Waals surface area contributed by atoms with Gasteiger partial charge in [0.1, 0.15) is 6.54 Å². The molecular formula is C25H29ClN2O4. The van der Waals surface area contributed by atoms with Crippen LogP contribution in [-0.2, 0) is 33.0 Å². The van der Waals surface area contributed by atoms with Crippen molar-refractivity contribution in [1.82, 2.24) is 9.80 Å². The second-order valence-electron chi connectivity index (χ2n) is 8.82. The summed E-state index contributed by atoms with van der Waals surface area (Å²) >= 11 is 6.36. The molecule has 0 aromatic heterocycles. The number of hydrogen-bond donors (Lipinski definition) is 1. The van der Waals surface area contributed by atoms with E-state index >= 15 is 0 Å². The summed E-state index contributed by atoms with van der Waals surface area (Å²) in [6, 6.07) is 15.9. The predicted molar refractivity (Wildman–Crippen MR) is 123 cm³/mol. The van der Waals surface area contributed by atoms with Crippen LogP contribution >= 0.6 is 11.6 Å². The topological polar surface area (TPSA) is 70.1 Å². The first-order chi connectivity index (χ1) is 15.4. The Bertz CT molecular complexity index is 987. The summed E-state index contributed by atoms with van der Waals surface area (Å²) in [4.78, 5) is 27.9. The number of carboxylic acids is 1. The molecular weight excluding hydrogens is 428 g/mol. The van der Waals surface area contributed by atoms with Crippen LogP contribution in [0.2, 0.25) is 5.02 Å². The average molecular weight is 457 g/mol. The van der Waals surface area contributed by atoms with E-state index in [2.05, 4.69) is 29.2 Å². The Hall–Kier alpha value is -2.41. The van der Waals surface area contributed by atoms with Crippen LogP contribution in [0.15, 0.2) is 48.5 Å². The fraction of sp³-hybridized carbons (Fsp3) is 0.440. The molecule has 1 spiro atoms. The Morgan fingerprint density at radius 1 is 1.16 bits per heavy atom. The number of amides is 1. The van der Waals surface area contributed by atoms with Crippen molar-refractivity contribution in [3.8, 4) is 0 Å². The zero-order valence-electron chi connectivity index (χ0n) is 18.3. The Kier molecular flexibility index (Phi) is 6.84. The minimum absolute atomic E-state index is 0.171. The van der Waals surface area contributed by atoms with Gasteiger partial charge in [-0.15, -0.1) is 0 Å². The number of aliphatic carboxylic acids is 1. The number of rotatable bonds is 7. The van der Waals surface area contributed by atoms with Crippen LogP contribution < -0.4 is 0 Å². The van der Waals surface area contributed by atoms with Crippen LogP contribution in [0, 0.1) is 5.92 Å². The van der Waals surface area contributed by atoms with Crippen molar-refractivity contribution >= 4 is 23.5 Å². The quantitative estimate of drug-likeness (QED) is 0.689. The monoisotopic (exact) mass is 456 g/mol. The molecule has 2 heterocycles. The number of likely N-dealkylation sites (tertiary alicyclic amines) is 1. The van der Waals surface area contributed by atoms with Crippen LogP contribution in [0.25, 0.3) is 0 Å². The summed E-state index contributed by atoms with van der Waals surface area (Å²) in [5.41, 5.74) is 3.24. The predicted octanol–water partition coefficient (Wildman–Crippen LogP) is 3.56. The molecule has 6 nitrogen and oxygen atoms in total. The van der Waals surface area contributed by atoms with Gasteiger partial charge in [-0.1, -0.05) is 54.1 Å². The summed E-state index contributed by atoms with van der Waals surface area (Å²) in [5.74, 6) is -1.56. The van der Waals surface area contributed by atoms with Gasteiger partial charge in [0.2, 0.25) is 5.91 Å². The van der Waals surface area contributed by atoms with Gasteiger partial charge in [0.05, 0.1) is 18.1 Å². The summed E-state index contributed by atoms with van der Waals surface area (Å²) in [6.07, 6.45) is 2.23. The van der Waals surface area contributed by atoms with Crippen molar-refractivity contribution in [3.05, 3.63) is 70.2 Å². The number of carbonyl (C=O) groups excluding carboxylic acids is 1. The molecule has 0 saturated carbocycles. The van der Waals surface area contributed by atoms with E-state index in [-0.39, 0.29) is 24.0 Å². The molecule has 0 aliphatic carbocycles. The van der Waals surface area contributed by atoms with Gasteiger partial charge in [0.15, 0.2) is 0 Å². The maximum atomic E-state index is 13.1. The molecule has 1 fully saturated rings. The number of likely N-dealkylation sites (N-methyl/N-ethyl adjacent to an activating group) is 1. The number of fused-ring (bicyclic) bond motifs is 2. The lowest BCUT2D eigenvalue weighted by Gasteiger charge is -2.40. The molecule has 1 atom stereocenters. The Morgan fingerprint density at radius 3 is 2.56 bits per heavy atom. The zero-order chi connectivity index (χ0) is 22.7. The Morgan fingerprint density at radius 2 is 1.84 bits per heavy atom. The van der Waals surface area contributed by atoms with E-state index in [1.165, 1.54) is 16.0 Å². The van der Waals surface area contributed by atoms with E-state index in [4.69, 9.17) is 21.4 Å². The number of hydrogen-bond acceptors (Lipinski definition) is 4. The maximum Gasteiger partial charge on any atom is 0.323 e. The number of piperidine rings is 1. The lowest BCUT2D eigenvalue weighted by atomic mass is 9.83. The summed E-state index contributed by atoms with van der Waals surface area (Å²) in [6.45, 7) is 2.55. The molecule has 170 valence electrons. The van der Waals surface area contributed by atoms with Crippen LogP contribution in [0.1, 0.15) is 29.5 Å². The van der Waals surface area contributed by atoms with Crippen molar-refractivity contribution < 1.29 is 19.4 Å². The molecule has 4 rings (SSSR count). The summed E-state index contributed by atoms with van der Waals surface area (Å²) in [5, 5.41) is 9.75. The summed E-state index contributed by atoms with van der Waals surface area (Å²) < 4.78 is 6.26. The van der Waals surface area contributed by atoms with Gasteiger partial charge in [0, 0.05) is 31.7 Å². The Labute approximate surface area is 193 Å². The average Bonchev–Trinajstić information content (AvgIpc) is 3.13. The largest absolute Gasteiger partial charge is 0.480 e. The minimum Gasteiger partial charge on any atom is -0.480 e. The van der Waals surface area contributed by atoms with Crippen LogP contribution in [0.4, 0.5) is 0 Å². The highest BCUT2D eigenvalue weighted by Crippen LogP contribution is 2.44. The highest BCUT2D eigenvalue weighted by Gasteiger charge is 2.42. The van der Waals surface area contributed by atoms with Gasteiger partial charge in [-0.25, -0.2) is 0 Å². The first-order valence-electron chi connectivity index (χ1n) is 11.0. The molecule has 0 radical (unpaired) electrons. The third kappa shape index (κ3) is 4.82. The highest BCUT2D eigenvalue weighted by molar-refractivity contribution is 6.31. The van der Waals surface area contributed by atoms with Crippen molar-refractivity contribution in [2.24, 2.45) is 5.92 Å². The fourth-order valence-electron chi connectivity index (χ4n) is 4.96. The van der Waals surface area contributed by atoms with E-state index < -0.39 is 5.97 Å². The normalized spacial score (nSPS) is 18.3. The fourth-order valence-corrected chi connectivity index (χ4v) is 5.17. The molecule has 1 unspecified atom stereocenters. The number of halogens is 1. The highest BCUT2D eigenvalue weighted by atomic mass is 35.5. The molecule has 1 saturated heterocycles. The van der Waals surface area contributed by atoms with E-state index in [0.717, 1.165) is 31.5 Å². The smallest absolute Gasteiger partial charge is 0.323 e. The molecule has 2 aliphatic rings. The Balaban J connectivity index is 1.46. The van der Waals surface area contributed by atoms with Crippen LogP contribution in [0.5, 0.6) is 0 Å². The SMILES string of the molecule is CN(CC(=O)O)C(=O)C(Cc1ccccc1Cl)CN1CCC2(CC1)OCc1ccccc12. The first-order valence-corrected chi connectivity index (χ1v) is 11.4. The molecule has 2 aliphatic heterocycles. The van der Waals surface area contributed by atoms with Crippen molar-refractivity contribution in [2.75, 3.05) is 33.2 Å². The first kappa shape index (κ1) is 22.8. The van der Waals surface area contributed by atoms with Gasteiger partial charge < -0.3 is 19.6 Å². The minimum atomic E-state index is -1.02. The van der Waals surface area contributed by atoms with Crippen LogP contribution in [0.3, 0.4) is 0 Å². The third-order valence-corrected chi connectivity index (χ3v) is 7.05. The van der Waals surface area contributed by atoms with Gasteiger partial charge in [-0.05, 0) is 42.0 Å². The van der Waals surface area contributed by atoms with Gasteiger partial charge in [-0.2, -0.15) is 0 Å². The van der Waals surface area contributed by atoms with Gasteiger partial charge in [-0.3, -0.25) is 9.59 Å². The molecule has 2 aromatic rings. The standard InChI is InChI=1S/C25H29ClN2O4/c1-27(16-23(29)30)24(31)20(14-18-6-3-5-9-22(18)26)15-28-12-10-25(11-13-28)21-8-4-2-7-19(21)17-32-25/h2-9,20H,10-17H2,1H3,(H,29,30). The number of carboxylic acid groups (broad SMARTS) is 1. The molecule has 32 heavy (non-hydrogen) atoms. The lowest BCUT2D eigenvalue weighted by Crippen LogP contribution is -2.47. The molecule has 7 heteroatoms. The van der Waals surface area contributed by atoms with Crippen molar-refractivity contribution in [1.29, 1.82) is 0 Å². The number of benzene rings is 2. The molecule has 1 amide bonds. The van der Waals surface area contributed by atoms with E-state index in [9.17, 15) is 9.59 Å². The lowest BCUT2D eigenvalue weighted by molar-refractivity contribution is -0.145. The third-order valence-electron chi connectivity index (χ3n) is 6.68. The van der Waals surface area contributed by atoms with Gasteiger partial charge in [0.25, 0.3) is 0 Å². The van der Waals surface area contributed by atoms with Gasteiger partial charge >= 0.3 is 5.97 Å². The molecule has 2 aromatic carbocycles. The second kappa shape index (κ2) is 9.61.